The minimum Gasteiger partial charge on any atom is -0.383 e. The Kier molecular flexibility index (Phi) is 5.09. The lowest BCUT2D eigenvalue weighted by molar-refractivity contribution is -0.152. The second kappa shape index (κ2) is 5.96. The number of carbonyl (C=O) groups excluding carboxylic acids is 1. The van der Waals surface area contributed by atoms with Gasteiger partial charge in [0.25, 0.3) is 5.91 Å². The van der Waals surface area contributed by atoms with Gasteiger partial charge in [-0.1, -0.05) is 0 Å². The molecule has 0 aromatic rings. The Morgan fingerprint density at radius 2 is 2.22 bits per heavy atom. The molecule has 1 heterocycles. The van der Waals surface area contributed by atoms with Crippen molar-refractivity contribution < 1.29 is 22.7 Å². The van der Waals surface area contributed by atoms with E-state index in [1.165, 1.54) is 11.4 Å². The van der Waals surface area contributed by atoms with Crippen molar-refractivity contribution in [2.24, 2.45) is 0 Å². The summed E-state index contributed by atoms with van der Waals surface area (Å²) in [6.07, 6.45) is 1.13. The predicted molar refractivity (Wildman–Crippen MR) is 65.7 cm³/mol. The van der Waals surface area contributed by atoms with Crippen molar-refractivity contribution in [3.8, 4) is 0 Å². The molecule has 7 nitrogen and oxygen atoms in total. The molecule has 0 aliphatic carbocycles. The minimum atomic E-state index is -3.31. The van der Waals surface area contributed by atoms with Crippen LogP contribution >= 0.6 is 0 Å². The number of hydrogen-bond donors (Lipinski definition) is 1. The van der Waals surface area contributed by atoms with Crippen LogP contribution in [-0.4, -0.2) is 70.4 Å². The van der Waals surface area contributed by atoms with Crippen molar-refractivity contribution in [3.63, 3.8) is 0 Å². The lowest BCUT2D eigenvalue weighted by Gasteiger charge is -2.37. The first-order valence-electron chi connectivity index (χ1n) is 5.66. The van der Waals surface area contributed by atoms with E-state index in [0.29, 0.717) is 13.2 Å². The molecule has 106 valence electrons. The van der Waals surface area contributed by atoms with E-state index in [4.69, 9.17) is 9.47 Å². The fourth-order valence-electron chi connectivity index (χ4n) is 1.71. The van der Waals surface area contributed by atoms with E-state index in [1.807, 2.05) is 0 Å². The summed E-state index contributed by atoms with van der Waals surface area (Å²) >= 11 is 0. The lowest BCUT2D eigenvalue weighted by atomic mass is 10.0. The van der Waals surface area contributed by atoms with Crippen LogP contribution in [0.25, 0.3) is 0 Å². The van der Waals surface area contributed by atoms with Crippen LogP contribution in [0.4, 0.5) is 0 Å². The van der Waals surface area contributed by atoms with Gasteiger partial charge in [-0.3, -0.25) is 4.79 Å². The molecule has 1 atom stereocenters. The van der Waals surface area contributed by atoms with Crippen molar-refractivity contribution in [3.05, 3.63) is 0 Å². The van der Waals surface area contributed by atoms with Gasteiger partial charge >= 0.3 is 0 Å². The van der Waals surface area contributed by atoms with Crippen molar-refractivity contribution in [2.75, 3.05) is 46.2 Å². The summed E-state index contributed by atoms with van der Waals surface area (Å²) in [7, 11) is -1.77. The van der Waals surface area contributed by atoms with Crippen LogP contribution in [-0.2, 0) is 24.3 Å². The van der Waals surface area contributed by atoms with Gasteiger partial charge in [-0.2, -0.15) is 4.31 Å². The minimum absolute atomic E-state index is 0.0324. The molecule has 0 aromatic heterocycles. The third kappa shape index (κ3) is 3.91. The molecule has 0 unspecified atom stereocenters. The largest absolute Gasteiger partial charge is 0.383 e. The zero-order valence-corrected chi connectivity index (χ0v) is 11.7. The molecule has 0 bridgehead atoms. The highest BCUT2D eigenvalue weighted by Gasteiger charge is 2.41. The number of ether oxygens (including phenoxy) is 2. The van der Waals surface area contributed by atoms with Crippen LogP contribution in [0.2, 0.25) is 0 Å². The average Bonchev–Trinajstić information content (AvgIpc) is 2.28. The van der Waals surface area contributed by atoms with Crippen LogP contribution in [0.1, 0.15) is 6.92 Å². The number of nitrogens with one attached hydrogen (secondary N) is 1. The maximum absolute atomic E-state index is 12.0. The first-order chi connectivity index (χ1) is 8.29. The summed E-state index contributed by atoms with van der Waals surface area (Å²) in [5.74, 6) is -0.326. The Morgan fingerprint density at radius 1 is 1.56 bits per heavy atom. The van der Waals surface area contributed by atoms with Gasteiger partial charge in [-0.05, 0) is 6.92 Å². The van der Waals surface area contributed by atoms with Crippen molar-refractivity contribution in [1.29, 1.82) is 0 Å². The number of carbonyl (C=O) groups is 1. The Balaban J connectivity index is 2.65. The predicted octanol–water partition coefficient (Wildman–Crippen LogP) is -1.20. The molecule has 0 radical (unpaired) electrons. The maximum Gasteiger partial charge on any atom is 0.253 e. The van der Waals surface area contributed by atoms with E-state index >= 15 is 0 Å². The van der Waals surface area contributed by atoms with Gasteiger partial charge in [-0.15, -0.1) is 0 Å². The molecule has 1 saturated heterocycles. The number of methoxy groups -OCH3 is 1. The van der Waals surface area contributed by atoms with E-state index < -0.39 is 15.6 Å². The topological polar surface area (TPSA) is 84.9 Å². The molecule has 1 aliphatic heterocycles. The fourth-order valence-corrected chi connectivity index (χ4v) is 2.60. The highest BCUT2D eigenvalue weighted by Crippen LogP contribution is 2.19. The Morgan fingerprint density at radius 3 is 2.78 bits per heavy atom. The third-order valence-corrected chi connectivity index (χ3v) is 4.03. The van der Waals surface area contributed by atoms with Crippen LogP contribution in [0.5, 0.6) is 0 Å². The molecule has 1 N–H and O–H groups in total. The maximum atomic E-state index is 12.0. The summed E-state index contributed by atoms with van der Waals surface area (Å²) < 4.78 is 34.5. The summed E-state index contributed by atoms with van der Waals surface area (Å²) in [5, 5.41) is 2.66. The zero-order chi connectivity index (χ0) is 13.8. The summed E-state index contributed by atoms with van der Waals surface area (Å²) in [5.41, 5.74) is -1.14. The van der Waals surface area contributed by atoms with Crippen molar-refractivity contribution in [2.45, 2.75) is 12.5 Å². The Hall–Kier alpha value is -0.700. The molecule has 1 fully saturated rings. The molecule has 8 heteroatoms. The summed E-state index contributed by atoms with van der Waals surface area (Å²) in [6, 6.07) is 0. The lowest BCUT2D eigenvalue weighted by Crippen LogP contribution is -2.59. The highest BCUT2D eigenvalue weighted by molar-refractivity contribution is 7.88. The van der Waals surface area contributed by atoms with E-state index in [0.717, 1.165) is 6.26 Å². The first kappa shape index (κ1) is 15.4. The molecule has 0 saturated carbocycles. The second-order valence-electron chi connectivity index (χ2n) is 4.42. The number of sulfonamides is 1. The van der Waals surface area contributed by atoms with Gasteiger partial charge in [0.05, 0.1) is 26.0 Å². The van der Waals surface area contributed by atoms with Gasteiger partial charge in [0, 0.05) is 20.2 Å². The molecule has 0 spiro atoms. The van der Waals surface area contributed by atoms with Crippen LogP contribution < -0.4 is 5.32 Å². The molecule has 1 amide bonds. The van der Waals surface area contributed by atoms with Gasteiger partial charge in [0.1, 0.15) is 0 Å². The molecule has 1 rings (SSSR count). The average molecular weight is 280 g/mol. The van der Waals surface area contributed by atoms with E-state index in [1.54, 1.807) is 6.92 Å². The molecule has 1 aliphatic rings. The molecule has 18 heavy (non-hydrogen) atoms. The van der Waals surface area contributed by atoms with Gasteiger partial charge in [-0.25, -0.2) is 8.42 Å². The second-order valence-corrected chi connectivity index (χ2v) is 6.41. The summed E-state index contributed by atoms with van der Waals surface area (Å²) in [4.78, 5) is 12.0. The molecular formula is C10H20N2O5S. The number of amides is 1. The van der Waals surface area contributed by atoms with Crippen LogP contribution in [0.3, 0.4) is 0 Å². The van der Waals surface area contributed by atoms with Gasteiger partial charge < -0.3 is 14.8 Å². The first-order valence-corrected chi connectivity index (χ1v) is 7.51. The standard InChI is InChI=1S/C10H20N2O5S/c1-10(9(13)11-4-6-16-2)8-12(5-7-17-10)18(3,14)15/h4-8H2,1-3H3,(H,11,13)/t10-/m0/s1. The third-order valence-electron chi connectivity index (χ3n) is 2.78. The molecule has 0 aromatic carbocycles. The number of morpholine rings is 1. The van der Waals surface area contributed by atoms with Crippen molar-refractivity contribution in [1.82, 2.24) is 9.62 Å². The van der Waals surface area contributed by atoms with Gasteiger partial charge in [0.15, 0.2) is 5.60 Å². The Labute approximate surface area is 107 Å². The number of nitrogens with zero attached hydrogens (tertiary/aromatic N) is 1. The Bertz CT molecular complexity index is 397. The monoisotopic (exact) mass is 280 g/mol. The highest BCUT2D eigenvalue weighted by atomic mass is 32.2. The van der Waals surface area contributed by atoms with Gasteiger partial charge in [0.2, 0.25) is 10.0 Å². The van der Waals surface area contributed by atoms with Crippen LogP contribution in [0, 0.1) is 0 Å². The summed E-state index contributed by atoms with van der Waals surface area (Å²) in [6.45, 7) is 2.88. The van der Waals surface area contributed by atoms with Crippen molar-refractivity contribution >= 4 is 15.9 Å². The van der Waals surface area contributed by atoms with E-state index in [2.05, 4.69) is 5.32 Å². The van der Waals surface area contributed by atoms with E-state index in [9.17, 15) is 13.2 Å². The number of hydrogen-bond acceptors (Lipinski definition) is 5. The van der Waals surface area contributed by atoms with Crippen LogP contribution in [0.15, 0.2) is 0 Å². The van der Waals surface area contributed by atoms with E-state index in [-0.39, 0.29) is 25.6 Å². The quantitative estimate of drug-likeness (QED) is 0.639. The fraction of sp³-hybridized carbons (Fsp3) is 0.900. The smallest absolute Gasteiger partial charge is 0.253 e. The zero-order valence-electron chi connectivity index (χ0n) is 10.9. The SMILES string of the molecule is COCCNC(=O)[C@]1(C)CN(S(C)(=O)=O)CCO1. The normalized spacial score (nSPS) is 25.9. The number of rotatable bonds is 5. The molecular weight excluding hydrogens is 260 g/mol.